The topological polar surface area (TPSA) is 77.8 Å². The average molecular weight is 260 g/mol. The molecule has 0 aliphatic rings. The molecule has 102 valence electrons. The van der Waals surface area contributed by atoms with Gasteiger partial charge >= 0.3 is 0 Å². The molecule has 0 aromatic carbocycles. The molecule has 5 heteroatoms. The van der Waals surface area contributed by atoms with Crippen LogP contribution in [0.25, 0.3) is 0 Å². The first-order valence-corrected chi connectivity index (χ1v) is 6.47. The summed E-state index contributed by atoms with van der Waals surface area (Å²) in [6.07, 6.45) is 2.93. The largest absolute Gasteiger partial charge is 0.368 e. The van der Waals surface area contributed by atoms with Gasteiger partial charge in [0.25, 0.3) is 0 Å². The molecule has 1 aromatic rings. The molecular formula is C14H20N4O. The molecule has 0 aliphatic carbocycles. The summed E-state index contributed by atoms with van der Waals surface area (Å²) in [5, 5.41) is 15.0. The summed E-state index contributed by atoms with van der Waals surface area (Å²) >= 11 is 0. The van der Waals surface area contributed by atoms with E-state index in [2.05, 4.69) is 21.7 Å². The van der Waals surface area contributed by atoms with Crippen LogP contribution in [0.1, 0.15) is 37.8 Å². The Morgan fingerprint density at radius 3 is 2.95 bits per heavy atom. The summed E-state index contributed by atoms with van der Waals surface area (Å²) in [5.74, 6) is 0.548. The van der Waals surface area contributed by atoms with Gasteiger partial charge in [-0.2, -0.15) is 5.26 Å². The van der Waals surface area contributed by atoms with Crippen LogP contribution in [-0.4, -0.2) is 23.5 Å². The van der Waals surface area contributed by atoms with E-state index >= 15 is 0 Å². The quantitative estimate of drug-likeness (QED) is 0.819. The van der Waals surface area contributed by atoms with E-state index in [1.807, 2.05) is 20.8 Å². The van der Waals surface area contributed by atoms with Crippen LogP contribution in [0.5, 0.6) is 0 Å². The molecule has 1 unspecified atom stereocenters. The third-order valence-electron chi connectivity index (χ3n) is 2.94. The number of aryl methyl sites for hydroxylation is 1. The molecule has 1 rings (SSSR count). The normalized spacial score (nSPS) is 11.5. The number of anilines is 1. The molecular weight excluding hydrogens is 240 g/mol. The summed E-state index contributed by atoms with van der Waals surface area (Å²) in [6, 6.07) is 4.10. The number of nitriles is 1. The van der Waals surface area contributed by atoms with Gasteiger partial charge in [-0.15, -0.1) is 0 Å². The molecule has 0 saturated heterocycles. The van der Waals surface area contributed by atoms with Gasteiger partial charge < -0.3 is 10.6 Å². The number of nitrogens with zero attached hydrogens (tertiary/aromatic N) is 2. The van der Waals surface area contributed by atoms with Crippen molar-refractivity contribution >= 4 is 11.7 Å². The molecule has 0 saturated carbocycles. The van der Waals surface area contributed by atoms with Crippen LogP contribution in [0.15, 0.2) is 12.3 Å². The summed E-state index contributed by atoms with van der Waals surface area (Å²) < 4.78 is 0. The lowest BCUT2D eigenvalue weighted by Crippen LogP contribution is -2.33. The molecule has 19 heavy (non-hydrogen) atoms. The van der Waals surface area contributed by atoms with Crippen molar-refractivity contribution in [2.75, 3.05) is 11.9 Å². The van der Waals surface area contributed by atoms with Gasteiger partial charge in [0.05, 0.1) is 5.56 Å². The number of hydrogen-bond donors (Lipinski definition) is 2. The summed E-state index contributed by atoms with van der Waals surface area (Å²) in [4.78, 5) is 15.7. The molecule has 0 fully saturated rings. The van der Waals surface area contributed by atoms with Gasteiger partial charge in [-0.1, -0.05) is 6.92 Å². The van der Waals surface area contributed by atoms with E-state index in [9.17, 15) is 4.79 Å². The van der Waals surface area contributed by atoms with Gasteiger partial charge in [-0.05, 0) is 31.9 Å². The molecule has 0 aliphatic heterocycles. The van der Waals surface area contributed by atoms with Gasteiger partial charge in [0.1, 0.15) is 11.9 Å². The second-order valence-electron chi connectivity index (χ2n) is 4.52. The zero-order valence-electron chi connectivity index (χ0n) is 11.7. The minimum absolute atomic E-state index is 0.00742. The van der Waals surface area contributed by atoms with Crippen LogP contribution in [-0.2, 0) is 4.79 Å². The number of carbonyl (C=O) groups excluding carboxylic acids is 1. The van der Waals surface area contributed by atoms with Crippen molar-refractivity contribution in [3.63, 3.8) is 0 Å². The van der Waals surface area contributed by atoms with Gasteiger partial charge in [0, 0.05) is 25.2 Å². The fourth-order valence-electron chi connectivity index (χ4n) is 1.58. The Bertz CT molecular complexity index is 479. The minimum atomic E-state index is 0.00742. The number of nitrogens with one attached hydrogen (secondary N) is 2. The summed E-state index contributed by atoms with van der Waals surface area (Å²) in [6.45, 7) is 6.33. The molecule has 0 bridgehead atoms. The van der Waals surface area contributed by atoms with Crippen LogP contribution in [0.4, 0.5) is 5.82 Å². The number of rotatable bonds is 6. The van der Waals surface area contributed by atoms with Crippen LogP contribution >= 0.6 is 0 Å². The molecule has 1 aromatic heterocycles. The van der Waals surface area contributed by atoms with Crippen molar-refractivity contribution < 1.29 is 4.79 Å². The van der Waals surface area contributed by atoms with Crippen molar-refractivity contribution in [2.45, 2.75) is 39.7 Å². The van der Waals surface area contributed by atoms with Crippen molar-refractivity contribution in [1.82, 2.24) is 10.3 Å². The van der Waals surface area contributed by atoms with Crippen molar-refractivity contribution in [3.05, 3.63) is 23.4 Å². The van der Waals surface area contributed by atoms with Crippen LogP contribution in [0.2, 0.25) is 0 Å². The highest BCUT2D eigenvalue weighted by atomic mass is 16.1. The number of hydrogen-bond acceptors (Lipinski definition) is 4. The molecule has 0 spiro atoms. The van der Waals surface area contributed by atoms with Crippen LogP contribution in [0.3, 0.4) is 0 Å². The fourth-order valence-corrected chi connectivity index (χ4v) is 1.58. The fraction of sp³-hybridized carbons (Fsp3) is 0.500. The maximum absolute atomic E-state index is 11.6. The second-order valence-corrected chi connectivity index (χ2v) is 4.52. The monoisotopic (exact) mass is 260 g/mol. The first kappa shape index (κ1) is 15.0. The third-order valence-corrected chi connectivity index (χ3v) is 2.94. The second kappa shape index (κ2) is 7.37. The summed E-state index contributed by atoms with van der Waals surface area (Å²) in [5.41, 5.74) is 1.41. The first-order valence-electron chi connectivity index (χ1n) is 6.47. The van der Waals surface area contributed by atoms with E-state index < -0.39 is 0 Å². The molecule has 0 radical (unpaired) electrons. The SMILES string of the molecule is CCC(C)NC(=O)CCNc1nccc(C)c1C#N. The number of amides is 1. The lowest BCUT2D eigenvalue weighted by atomic mass is 10.1. The molecule has 1 heterocycles. The van der Waals surface area contributed by atoms with E-state index in [0.29, 0.717) is 24.3 Å². The minimum Gasteiger partial charge on any atom is -0.368 e. The van der Waals surface area contributed by atoms with Gasteiger partial charge in [0.2, 0.25) is 5.91 Å². The van der Waals surface area contributed by atoms with Crippen LogP contribution in [0, 0.1) is 18.3 Å². The average Bonchev–Trinajstić information content (AvgIpc) is 2.38. The molecule has 5 nitrogen and oxygen atoms in total. The zero-order valence-corrected chi connectivity index (χ0v) is 11.7. The molecule has 2 N–H and O–H groups in total. The van der Waals surface area contributed by atoms with Crippen molar-refractivity contribution in [1.29, 1.82) is 5.26 Å². The highest BCUT2D eigenvalue weighted by molar-refractivity contribution is 5.76. The van der Waals surface area contributed by atoms with E-state index in [4.69, 9.17) is 5.26 Å². The highest BCUT2D eigenvalue weighted by Gasteiger charge is 2.08. The molecule has 1 atom stereocenters. The van der Waals surface area contributed by atoms with E-state index in [1.54, 1.807) is 12.3 Å². The lowest BCUT2D eigenvalue weighted by Gasteiger charge is -2.12. The van der Waals surface area contributed by atoms with E-state index in [-0.39, 0.29) is 11.9 Å². The van der Waals surface area contributed by atoms with Gasteiger partial charge in [-0.25, -0.2) is 4.98 Å². The Hall–Kier alpha value is -2.09. The van der Waals surface area contributed by atoms with Gasteiger partial charge in [0.15, 0.2) is 0 Å². The maximum Gasteiger partial charge on any atom is 0.221 e. The Labute approximate surface area is 114 Å². The first-order chi connectivity index (χ1) is 9.08. The smallest absolute Gasteiger partial charge is 0.221 e. The lowest BCUT2D eigenvalue weighted by molar-refractivity contribution is -0.121. The molecule has 1 amide bonds. The predicted molar refractivity (Wildman–Crippen MR) is 74.7 cm³/mol. The predicted octanol–water partition coefficient (Wildman–Crippen LogP) is 1.98. The third kappa shape index (κ3) is 4.59. The summed E-state index contributed by atoms with van der Waals surface area (Å²) in [7, 11) is 0. The number of carbonyl (C=O) groups is 1. The van der Waals surface area contributed by atoms with Crippen LogP contribution < -0.4 is 10.6 Å². The zero-order chi connectivity index (χ0) is 14.3. The Morgan fingerprint density at radius 2 is 2.32 bits per heavy atom. The van der Waals surface area contributed by atoms with E-state index in [1.165, 1.54) is 0 Å². The number of aromatic nitrogens is 1. The Morgan fingerprint density at radius 1 is 1.58 bits per heavy atom. The standard InChI is InChI=1S/C14H20N4O/c1-4-11(3)18-13(19)6-8-17-14-12(9-15)10(2)5-7-16-14/h5,7,11H,4,6,8H2,1-3H3,(H,16,17)(H,18,19). The maximum atomic E-state index is 11.6. The Balaban J connectivity index is 2.48. The van der Waals surface area contributed by atoms with Gasteiger partial charge in [-0.3, -0.25) is 4.79 Å². The van der Waals surface area contributed by atoms with E-state index in [0.717, 1.165) is 12.0 Å². The number of pyridine rings is 1. The van der Waals surface area contributed by atoms with Crippen molar-refractivity contribution in [3.8, 4) is 6.07 Å². The van der Waals surface area contributed by atoms with Crippen molar-refractivity contribution in [2.24, 2.45) is 0 Å². The Kier molecular flexibility index (Phi) is 5.80. The highest BCUT2D eigenvalue weighted by Crippen LogP contribution is 2.14.